The van der Waals surface area contributed by atoms with Gasteiger partial charge in [-0.3, -0.25) is 4.90 Å². The van der Waals surface area contributed by atoms with Crippen molar-refractivity contribution in [2.24, 2.45) is 5.92 Å². The zero-order valence-corrected chi connectivity index (χ0v) is 14.7. The second kappa shape index (κ2) is 8.02. The van der Waals surface area contributed by atoms with E-state index in [0.717, 1.165) is 51.0 Å². The number of anilines is 1. The maximum atomic E-state index is 5.96. The highest BCUT2D eigenvalue weighted by Gasteiger charge is 2.19. The summed E-state index contributed by atoms with van der Waals surface area (Å²) in [5.41, 5.74) is 2.63. The van der Waals surface area contributed by atoms with Gasteiger partial charge in [0.15, 0.2) is 0 Å². The number of piperidine rings is 1. The largest absolute Gasteiger partial charge is 0.492 e. The Kier molecular flexibility index (Phi) is 5.79. The number of hydrogen-bond donors (Lipinski definition) is 1. The highest BCUT2D eigenvalue weighted by Crippen LogP contribution is 2.31. The molecule has 1 N–H and O–H groups in total. The van der Waals surface area contributed by atoms with Crippen LogP contribution >= 0.6 is 0 Å². The van der Waals surface area contributed by atoms with Gasteiger partial charge in [-0.15, -0.1) is 0 Å². The third kappa shape index (κ3) is 4.39. The van der Waals surface area contributed by atoms with Gasteiger partial charge in [-0.05, 0) is 49.9 Å². The van der Waals surface area contributed by atoms with Crippen LogP contribution in [-0.2, 0) is 6.54 Å². The normalized spacial score (nSPS) is 23.0. The predicted octanol–water partition coefficient (Wildman–Crippen LogP) is 2.73. The summed E-state index contributed by atoms with van der Waals surface area (Å²) in [5.74, 6) is 1.88. The average Bonchev–Trinajstić information content (AvgIpc) is 2.56. The molecule has 4 heteroatoms. The first-order valence-corrected chi connectivity index (χ1v) is 9.20. The number of nitrogens with zero attached hydrogens (tertiary/aromatic N) is 2. The molecule has 0 aromatic heterocycles. The van der Waals surface area contributed by atoms with Crippen molar-refractivity contribution in [1.82, 2.24) is 10.2 Å². The van der Waals surface area contributed by atoms with Crippen LogP contribution in [0.25, 0.3) is 0 Å². The number of benzene rings is 1. The maximum Gasteiger partial charge on any atom is 0.142 e. The summed E-state index contributed by atoms with van der Waals surface area (Å²) in [5, 5.41) is 3.42. The fourth-order valence-electron chi connectivity index (χ4n) is 3.78. The third-order valence-corrected chi connectivity index (χ3v) is 4.93. The smallest absolute Gasteiger partial charge is 0.142 e. The highest BCUT2D eigenvalue weighted by atomic mass is 16.5. The van der Waals surface area contributed by atoms with Gasteiger partial charge in [0.1, 0.15) is 5.75 Å². The molecule has 1 atom stereocenters. The van der Waals surface area contributed by atoms with E-state index in [0.29, 0.717) is 0 Å². The van der Waals surface area contributed by atoms with E-state index in [2.05, 4.69) is 47.2 Å². The lowest BCUT2D eigenvalue weighted by atomic mass is 9.99. The Morgan fingerprint density at radius 1 is 1.22 bits per heavy atom. The van der Waals surface area contributed by atoms with Crippen LogP contribution in [0.2, 0.25) is 0 Å². The van der Waals surface area contributed by atoms with Crippen LogP contribution in [0.5, 0.6) is 5.75 Å². The topological polar surface area (TPSA) is 27.7 Å². The van der Waals surface area contributed by atoms with E-state index in [-0.39, 0.29) is 0 Å². The zero-order valence-electron chi connectivity index (χ0n) is 14.7. The fraction of sp³-hybridized carbons (Fsp3) is 0.684. The number of nitrogens with one attached hydrogen (secondary N) is 1. The molecule has 2 heterocycles. The SMILES string of the molecule is CCOc1cc(CN2CCCC(C)C2)ccc1N1CCNCC1. The zero-order chi connectivity index (χ0) is 16.1. The molecule has 0 spiro atoms. The van der Waals surface area contributed by atoms with Gasteiger partial charge in [0.25, 0.3) is 0 Å². The van der Waals surface area contributed by atoms with Crippen molar-refractivity contribution in [3.63, 3.8) is 0 Å². The highest BCUT2D eigenvalue weighted by molar-refractivity contribution is 5.60. The van der Waals surface area contributed by atoms with E-state index in [9.17, 15) is 0 Å². The molecule has 1 aromatic carbocycles. The summed E-state index contributed by atoms with van der Waals surface area (Å²) in [4.78, 5) is 5.03. The minimum atomic E-state index is 0.725. The first-order chi connectivity index (χ1) is 11.3. The molecule has 0 bridgehead atoms. The number of rotatable bonds is 5. The van der Waals surface area contributed by atoms with Gasteiger partial charge in [0, 0.05) is 39.3 Å². The monoisotopic (exact) mass is 317 g/mol. The van der Waals surface area contributed by atoms with E-state index in [1.54, 1.807) is 0 Å². The Balaban J connectivity index is 1.72. The molecule has 23 heavy (non-hydrogen) atoms. The van der Waals surface area contributed by atoms with Crippen molar-refractivity contribution in [1.29, 1.82) is 0 Å². The Hall–Kier alpha value is -1.26. The van der Waals surface area contributed by atoms with E-state index >= 15 is 0 Å². The van der Waals surface area contributed by atoms with Gasteiger partial charge in [-0.2, -0.15) is 0 Å². The van der Waals surface area contributed by atoms with E-state index in [1.165, 1.54) is 37.2 Å². The fourth-order valence-corrected chi connectivity index (χ4v) is 3.78. The number of piperazine rings is 1. The Morgan fingerprint density at radius 2 is 2.04 bits per heavy atom. The quantitative estimate of drug-likeness (QED) is 0.904. The molecule has 2 aliphatic heterocycles. The van der Waals surface area contributed by atoms with Crippen molar-refractivity contribution in [3.8, 4) is 5.75 Å². The molecule has 0 aliphatic carbocycles. The van der Waals surface area contributed by atoms with Gasteiger partial charge in [-0.25, -0.2) is 0 Å². The molecule has 0 saturated carbocycles. The lowest BCUT2D eigenvalue weighted by molar-refractivity contribution is 0.176. The molecule has 0 amide bonds. The van der Waals surface area contributed by atoms with Gasteiger partial charge in [0.05, 0.1) is 12.3 Å². The first-order valence-electron chi connectivity index (χ1n) is 9.20. The van der Waals surface area contributed by atoms with Crippen LogP contribution in [0.3, 0.4) is 0 Å². The Morgan fingerprint density at radius 3 is 2.78 bits per heavy atom. The molecule has 3 rings (SSSR count). The van der Waals surface area contributed by atoms with Gasteiger partial charge in [0.2, 0.25) is 0 Å². The maximum absolute atomic E-state index is 5.96. The Bertz CT molecular complexity index is 499. The van der Waals surface area contributed by atoms with Gasteiger partial charge < -0.3 is 15.0 Å². The van der Waals surface area contributed by atoms with Crippen molar-refractivity contribution < 1.29 is 4.74 Å². The second-order valence-electron chi connectivity index (χ2n) is 6.95. The minimum absolute atomic E-state index is 0.725. The van der Waals surface area contributed by atoms with Crippen molar-refractivity contribution in [2.75, 3.05) is 50.8 Å². The van der Waals surface area contributed by atoms with Crippen LogP contribution in [0, 0.1) is 5.92 Å². The summed E-state index contributed by atoms with van der Waals surface area (Å²) in [6, 6.07) is 6.82. The van der Waals surface area contributed by atoms with Crippen molar-refractivity contribution in [2.45, 2.75) is 33.2 Å². The van der Waals surface area contributed by atoms with Gasteiger partial charge in [-0.1, -0.05) is 13.0 Å². The first kappa shape index (κ1) is 16.6. The van der Waals surface area contributed by atoms with E-state index in [4.69, 9.17) is 4.74 Å². The molecule has 2 saturated heterocycles. The summed E-state index contributed by atoms with van der Waals surface area (Å²) < 4.78 is 5.96. The number of hydrogen-bond acceptors (Lipinski definition) is 4. The average molecular weight is 317 g/mol. The minimum Gasteiger partial charge on any atom is -0.492 e. The summed E-state index contributed by atoms with van der Waals surface area (Å²) in [6.07, 6.45) is 2.71. The van der Waals surface area contributed by atoms with Gasteiger partial charge >= 0.3 is 0 Å². The van der Waals surface area contributed by atoms with E-state index in [1.807, 2.05) is 0 Å². The molecule has 1 unspecified atom stereocenters. The molecule has 2 fully saturated rings. The summed E-state index contributed by atoms with van der Waals surface area (Å²) in [7, 11) is 0. The summed E-state index contributed by atoms with van der Waals surface area (Å²) in [6.45, 7) is 12.9. The Labute approximate surface area is 140 Å². The number of ether oxygens (including phenoxy) is 1. The summed E-state index contributed by atoms with van der Waals surface area (Å²) >= 11 is 0. The standard InChI is InChI=1S/C19H31N3O/c1-3-23-19-13-17(15-21-10-4-5-16(2)14-21)6-7-18(19)22-11-8-20-9-12-22/h6-7,13,16,20H,3-5,8-12,14-15H2,1-2H3. The molecular formula is C19H31N3O. The molecule has 1 aromatic rings. The number of likely N-dealkylation sites (tertiary alicyclic amines) is 1. The second-order valence-corrected chi connectivity index (χ2v) is 6.95. The van der Waals surface area contributed by atoms with Crippen LogP contribution in [0.15, 0.2) is 18.2 Å². The predicted molar refractivity (Wildman–Crippen MR) is 96.4 cm³/mol. The molecule has 4 nitrogen and oxygen atoms in total. The molecule has 2 aliphatic rings. The molecular weight excluding hydrogens is 286 g/mol. The lowest BCUT2D eigenvalue weighted by Crippen LogP contribution is -2.43. The van der Waals surface area contributed by atoms with E-state index < -0.39 is 0 Å². The van der Waals surface area contributed by atoms with Crippen molar-refractivity contribution >= 4 is 5.69 Å². The van der Waals surface area contributed by atoms with Crippen LogP contribution in [0.1, 0.15) is 32.3 Å². The van der Waals surface area contributed by atoms with Crippen LogP contribution in [-0.4, -0.2) is 50.8 Å². The van der Waals surface area contributed by atoms with Crippen LogP contribution < -0.4 is 15.0 Å². The van der Waals surface area contributed by atoms with Crippen molar-refractivity contribution in [3.05, 3.63) is 23.8 Å². The third-order valence-electron chi connectivity index (χ3n) is 4.93. The lowest BCUT2D eigenvalue weighted by Gasteiger charge is -2.32. The van der Waals surface area contributed by atoms with Crippen LogP contribution in [0.4, 0.5) is 5.69 Å². The molecule has 128 valence electrons. The molecule has 0 radical (unpaired) electrons.